The molecule has 15 heavy (non-hydrogen) atoms. The summed E-state index contributed by atoms with van der Waals surface area (Å²) < 4.78 is 0. The van der Waals surface area contributed by atoms with Crippen LogP contribution in [0.1, 0.15) is 26.2 Å². The summed E-state index contributed by atoms with van der Waals surface area (Å²) in [4.78, 5) is 15.6. The Balaban J connectivity index is 1.77. The summed E-state index contributed by atoms with van der Waals surface area (Å²) in [7, 11) is 1.89. The predicted molar refractivity (Wildman–Crippen MR) is 59.8 cm³/mol. The maximum Gasteiger partial charge on any atom is 0.320 e. The van der Waals surface area contributed by atoms with Crippen molar-refractivity contribution >= 4 is 6.03 Å². The highest BCUT2D eigenvalue weighted by Gasteiger charge is 2.31. The van der Waals surface area contributed by atoms with Crippen molar-refractivity contribution in [2.75, 3.05) is 26.7 Å². The number of carbonyl (C=O) groups excluding carboxylic acids is 1. The fraction of sp³-hybridized carbons (Fsp3) is 0.909. The lowest BCUT2D eigenvalue weighted by Crippen LogP contribution is -2.33. The van der Waals surface area contributed by atoms with Gasteiger partial charge in [-0.25, -0.2) is 4.79 Å². The van der Waals surface area contributed by atoms with E-state index < -0.39 is 0 Å². The molecule has 0 saturated carbocycles. The van der Waals surface area contributed by atoms with Gasteiger partial charge in [-0.1, -0.05) is 0 Å². The molecule has 0 aromatic carbocycles. The van der Waals surface area contributed by atoms with Gasteiger partial charge in [-0.3, -0.25) is 0 Å². The summed E-state index contributed by atoms with van der Waals surface area (Å²) in [5.41, 5.74) is 0. The highest BCUT2D eigenvalue weighted by Crippen LogP contribution is 2.15. The first-order valence-electron chi connectivity index (χ1n) is 5.93. The summed E-state index contributed by atoms with van der Waals surface area (Å²) in [6.07, 6.45) is 3.66. The van der Waals surface area contributed by atoms with Crippen LogP contribution in [0.15, 0.2) is 0 Å². The number of likely N-dealkylation sites (N-methyl/N-ethyl adjacent to an activating group) is 1. The topological polar surface area (TPSA) is 35.6 Å². The molecule has 4 nitrogen and oxygen atoms in total. The zero-order chi connectivity index (χ0) is 10.8. The molecule has 4 heteroatoms. The summed E-state index contributed by atoms with van der Waals surface area (Å²) in [5, 5.41) is 3.47. The van der Waals surface area contributed by atoms with Crippen LogP contribution < -0.4 is 5.32 Å². The largest absolute Gasteiger partial charge is 0.323 e. The van der Waals surface area contributed by atoms with E-state index in [4.69, 9.17) is 0 Å². The van der Waals surface area contributed by atoms with Gasteiger partial charge in [0.25, 0.3) is 0 Å². The third-order valence-corrected chi connectivity index (χ3v) is 3.63. The van der Waals surface area contributed by atoms with E-state index in [1.54, 1.807) is 0 Å². The molecular weight excluding hydrogens is 190 g/mol. The number of nitrogens with one attached hydrogen (secondary N) is 1. The van der Waals surface area contributed by atoms with Crippen LogP contribution in [-0.4, -0.2) is 54.6 Å². The van der Waals surface area contributed by atoms with Gasteiger partial charge in [0, 0.05) is 32.2 Å². The van der Waals surface area contributed by atoms with E-state index in [0.717, 1.165) is 26.1 Å². The molecule has 1 N–H and O–H groups in total. The van der Waals surface area contributed by atoms with Gasteiger partial charge >= 0.3 is 6.03 Å². The van der Waals surface area contributed by atoms with Crippen molar-refractivity contribution < 1.29 is 4.79 Å². The van der Waals surface area contributed by atoms with Crippen LogP contribution in [0.5, 0.6) is 0 Å². The van der Waals surface area contributed by atoms with Crippen LogP contribution in [0.25, 0.3) is 0 Å². The Kier molecular flexibility index (Phi) is 3.14. The van der Waals surface area contributed by atoms with Crippen LogP contribution in [-0.2, 0) is 0 Å². The van der Waals surface area contributed by atoms with E-state index in [-0.39, 0.29) is 6.03 Å². The smallest absolute Gasteiger partial charge is 0.320 e. The highest BCUT2D eigenvalue weighted by atomic mass is 16.2. The van der Waals surface area contributed by atoms with Crippen molar-refractivity contribution in [3.05, 3.63) is 0 Å². The molecule has 2 amide bonds. The first kappa shape index (κ1) is 10.7. The van der Waals surface area contributed by atoms with Gasteiger partial charge in [-0.2, -0.15) is 0 Å². The summed E-state index contributed by atoms with van der Waals surface area (Å²) in [5.74, 6) is 0. The van der Waals surface area contributed by atoms with Crippen molar-refractivity contribution in [1.82, 2.24) is 15.1 Å². The first-order chi connectivity index (χ1) is 7.18. The number of carbonyl (C=O) groups is 1. The van der Waals surface area contributed by atoms with Gasteiger partial charge in [0.2, 0.25) is 0 Å². The lowest BCUT2D eigenvalue weighted by Gasteiger charge is -2.18. The van der Waals surface area contributed by atoms with Gasteiger partial charge in [-0.05, 0) is 32.7 Å². The van der Waals surface area contributed by atoms with Gasteiger partial charge in [-0.15, -0.1) is 0 Å². The minimum absolute atomic E-state index is 0.195. The highest BCUT2D eigenvalue weighted by molar-refractivity contribution is 5.76. The fourth-order valence-corrected chi connectivity index (χ4v) is 2.43. The molecule has 0 aliphatic carbocycles. The summed E-state index contributed by atoms with van der Waals surface area (Å²) >= 11 is 0. The van der Waals surface area contributed by atoms with Crippen LogP contribution in [0.4, 0.5) is 4.79 Å². The van der Waals surface area contributed by atoms with Crippen molar-refractivity contribution in [3.8, 4) is 0 Å². The maximum absolute atomic E-state index is 11.8. The van der Waals surface area contributed by atoms with Gasteiger partial charge in [0.15, 0.2) is 0 Å². The second-order valence-corrected chi connectivity index (χ2v) is 4.77. The van der Waals surface area contributed by atoms with E-state index in [2.05, 4.69) is 12.2 Å². The molecule has 2 saturated heterocycles. The molecule has 0 spiro atoms. The Labute approximate surface area is 91.6 Å². The molecule has 2 atom stereocenters. The van der Waals surface area contributed by atoms with E-state index in [1.165, 1.54) is 12.8 Å². The number of hydrogen-bond acceptors (Lipinski definition) is 2. The molecular formula is C11H21N3O. The molecule has 86 valence electrons. The molecule has 0 aromatic rings. The number of rotatable bonds is 3. The molecule has 0 bridgehead atoms. The van der Waals surface area contributed by atoms with Crippen LogP contribution in [0.3, 0.4) is 0 Å². The minimum Gasteiger partial charge on any atom is -0.323 e. The minimum atomic E-state index is 0.195. The Hall–Kier alpha value is -0.770. The van der Waals surface area contributed by atoms with Crippen LogP contribution in [0.2, 0.25) is 0 Å². The van der Waals surface area contributed by atoms with Crippen LogP contribution >= 0.6 is 0 Å². The molecule has 2 fully saturated rings. The Bertz CT molecular complexity index is 238. The third-order valence-electron chi connectivity index (χ3n) is 3.63. The number of amides is 2. The predicted octanol–water partition coefficient (Wildman–Crippen LogP) is 0.884. The molecule has 2 aliphatic rings. The van der Waals surface area contributed by atoms with Crippen molar-refractivity contribution in [2.45, 2.75) is 38.3 Å². The maximum atomic E-state index is 11.8. The van der Waals surface area contributed by atoms with Gasteiger partial charge < -0.3 is 15.1 Å². The van der Waals surface area contributed by atoms with Crippen molar-refractivity contribution in [3.63, 3.8) is 0 Å². The van der Waals surface area contributed by atoms with E-state index in [0.29, 0.717) is 12.1 Å². The van der Waals surface area contributed by atoms with Crippen molar-refractivity contribution in [2.24, 2.45) is 0 Å². The molecule has 0 radical (unpaired) electrons. The van der Waals surface area contributed by atoms with Gasteiger partial charge in [0.05, 0.1) is 0 Å². The zero-order valence-electron chi connectivity index (χ0n) is 9.70. The van der Waals surface area contributed by atoms with Gasteiger partial charge in [0.1, 0.15) is 0 Å². The normalized spacial score (nSPS) is 31.7. The molecule has 2 rings (SSSR count). The standard InChI is InChI=1S/C11H21N3O/c1-9-8-14(11(15)13(9)2)7-5-10-4-3-6-12-10/h9-10,12H,3-8H2,1-2H3. The van der Waals surface area contributed by atoms with E-state index in [1.807, 2.05) is 16.8 Å². The van der Waals surface area contributed by atoms with E-state index >= 15 is 0 Å². The Morgan fingerprint density at radius 2 is 2.33 bits per heavy atom. The Morgan fingerprint density at radius 3 is 2.87 bits per heavy atom. The number of hydrogen-bond donors (Lipinski definition) is 1. The lowest BCUT2D eigenvalue weighted by atomic mass is 10.1. The zero-order valence-corrected chi connectivity index (χ0v) is 9.70. The summed E-state index contributed by atoms with van der Waals surface area (Å²) in [6, 6.07) is 1.20. The quantitative estimate of drug-likeness (QED) is 0.752. The average molecular weight is 211 g/mol. The molecule has 2 unspecified atom stereocenters. The number of urea groups is 1. The fourth-order valence-electron chi connectivity index (χ4n) is 2.43. The second-order valence-electron chi connectivity index (χ2n) is 4.77. The monoisotopic (exact) mass is 211 g/mol. The number of nitrogens with zero attached hydrogens (tertiary/aromatic N) is 2. The molecule has 2 aliphatic heterocycles. The van der Waals surface area contributed by atoms with Crippen LogP contribution in [0, 0.1) is 0 Å². The third kappa shape index (κ3) is 2.25. The lowest BCUT2D eigenvalue weighted by molar-refractivity contribution is 0.194. The Morgan fingerprint density at radius 1 is 1.53 bits per heavy atom. The first-order valence-corrected chi connectivity index (χ1v) is 5.93. The summed E-state index contributed by atoms with van der Waals surface area (Å²) in [6.45, 7) is 5.05. The molecule has 0 aromatic heterocycles. The van der Waals surface area contributed by atoms with Crippen molar-refractivity contribution in [1.29, 1.82) is 0 Å². The van der Waals surface area contributed by atoms with E-state index in [9.17, 15) is 4.79 Å². The SMILES string of the molecule is CC1CN(CCC2CCCN2)C(=O)N1C. The molecule has 2 heterocycles. The second kappa shape index (κ2) is 4.39. The average Bonchev–Trinajstić information content (AvgIpc) is 2.80.